The van der Waals surface area contributed by atoms with Crippen LogP contribution in [0.5, 0.6) is 0 Å². The number of halogens is 1. The first kappa shape index (κ1) is 20.2. The Morgan fingerprint density at radius 3 is 2.59 bits per heavy atom. The minimum absolute atomic E-state index is 0.00336. The van der Waals surface area contributed by atoms with Crippen LogP contribution >= 0.6 is 0 Å². The van der Waals surface area contributed by atoms with Gasteiger partial charge in [0.05, 0.1) is 10.9 Å². The van der Waals surface area contributed by atoms with Gasteiger partial charge in [0.15, 0.2) is 0 Å². The number of carbonyl (C=O) groups excluding carboxylic acids is 1. The average molecular weight is 398 g/mol. The summed E-state index contributed by atoms with van der Waals surface area (Å²) < 4.78 is 40.3. The first-order valence-corrected chi connectivity index (χ1v) is 11.0. The van der Waals surface area contributed by atoms with Crippen molar-refractivity contribution < 1.29 is 17.6 Å². The molecule has 6 nitrogen and oxygen atoms in total. The number of amides is 1. The molecule has 2 N–H and O–H groups in total. The van der Waals surface area contributed by atoms with Gasteiger partial charge in [0.25, 0.3) is 0 Å². The number of sulfonamides is 1. The lowest BCUT2D eigenvalue weighted by Crippen LogP contribution is -2.48. The maximum absolute atomic E-state index is 13.1. The van der Waals surface area contributed by atoms with Gasteiger partial charge in [0.2, 0.25) is 15.9 Å². The van der Waals surface area contributed by atoms with Crippen molar-refractivity contribution in [3.05, 3.63) is 30.1 Å². The van der Waals surface area contributed by atoms with Crippen molar-refractivity contribution in [3.8, 4) is 0 Å². The first-order chi connectivity index (χ1) is 12.9. The van der Waals surface area contributed by atoms with Gasteiger partial charge in [-0.2, -0.15) is 4.31 Å². The third-order valence-electron chi connectivity index (χ3n) is 5.84. The topological polar surface area (TPSA) is 78.5 Å². The molecule has 1 heterocycles. The number of benzene rings is 1. The highest BCUT2D eigenvalue weighted by molar-refractivity contribution is 7.89. The zero-order valence-electron chi connectivity index (χ0n) is 15.8. The van der Waals surface area contributed by atoms with Gasteiger partial charge in [-0.1, -0.05) is 13.3 Å². The SMILES string of the molecule is CCC[C@H](NC)C(=O)NC1CC[C@H]2CN(S(=O)(=O)c3ccc(F)cc3)CC12. The molecule has 4 atom stereocenters. The van der Waals surface area contributed by atoms with Crippen LogP contribution in [0.3, 0.4) is 0 Å². The van der Waals surface area contributed by atoms with Crippen molar-refractivity contribution in [2.24, 2.45) is 11.8 Å². The summed E-state index contributed by atoms with van der Waals surface area (Å²) in [5, 5.41) is 6.18. The van der Waals surface area contributed by atoms with E-state index in [1.165, 1.54) is 28.6 Å². The maximum Gasteiger partial charge on any atom is 0.243 e. The largest absolute Gasteiger partial charge is 0.352 e. The summed E-state index contributed by atoms with van der Waals surface area (Å²) in [5.41, 5.74) is 0. The summed E-state index contributed by atoms with van der Waals surface area (Å²) in [5.74, 6) is -0.0842. The fraction of sp³-hybridized carbons (Fsp3) is 0.632. The molecule has 0 spiro atoms. The van der Waals surface area contributed by atoms with E-state index in [1.54, 1.807) is 7.05 Å². The quantitative estimate of drug-likeness (QED) is 0.735. The van der Waals surface area contributed by atoms with Crippen LogP contribution in [-0.4, -0.2) is 50.9 Å². The Morgan fingerprint density at radius 1 is 1.26 bits per heavy atom. The fourth-order valence-corrected chi connectivity index (χ4v) is 5.87. The Hall–Kier alpha value is -1.51. The molecular formula is C19H28FN3O3S. The Morgan fingerprint density at radius 2 is 1.96 bits per heavy atom. The Bertz CT molecular complexity index is 769. The van der Waals surface area contributed by atoms with Crippen molar-refractivity contribution in [3.63, 3.8) is 0 Å². The summed E-state index contributed by atoms with van der Waals surface area (Å²) in [6.07, 6.45) is 3.48. The van der Waals surface area contributed by atoms with E-state index in [2.05, 4.69) is 10.6 Å². The molecule has 1 saturated heterocycles. The number of nitrogens with zero attached hydrogens (tertiary/aromatic N) is 1. The third-order valence-corrected chi connectivity index (χ3v) is 7.69. The average Bonchev–Trinajstić information content (AvgIpc) is 3.22. The minimum Gasteiger partial charge on any atom is -0.352 e. The molecule has 1 saturated carbocycles. The van der Waals surface area contributed by atoms with Crippen molar-refractivity contribution in [1.29, 1.82) is 0 Å². The molecule has 1 amide bonds. The molecule has 0 aromatic heterocycles. The smallest absolute Gasteiger partial charge is 0.243 e. The normalized spacial score (nSPS) is 26.7. The van der Waals surface area contributed by atoms with E-state index in [0.29, 0.717) is 13.1 Å². The van der Waals surface area contributed by atoms with E-state index in [0.717, 1.165) is 25.7 Å². The van der Waals surface area contributed by atoms with Crippen molar-refractivity contribution >= 4 is 15.9 Å². The van der Waals surface area contributed by atoms with Crippen LogP contribution < -0.4 is 10.6 Å². The molecule has 3 rings (SSSR count). The van der Waals surface area contributed by atoms with Crippen LogP contribution in [0.15, 0.2) is 29.2 Å². The highest BCUT2D eigenvalue weighted by atomic mass is 32.2. The molecule has 1 aliphatic heterocycles. The van der Waals surface area contributed by atoms with Crippen molar-refractivity contribution in [2.45, 2.75) is 49.6 Å². The second kappa shape index (κ2) is 8.24. The molecule has 2 fully saturated rings. The van der Waals surface area contributed by atoms with Crippen molar-refractivity contribution in [1.82, 2.24) is 14.9 Å². The Balaban J connectivity index is 1.67. The molecule has 27 heavy (non-hydrogen) atoms. The summed E-state index contributed by atoms with van der Waals surface area (Å²) in [7, 11) is -1.86. The number of hydrogen-bond acceptors (Lipinski definition) is 4. The second-order valence-electron chi connectivity index (χ2n) is 7.52. The highest BCUT2D eigenvalue weighted by Crippen LogP contribution is 2.40. The lowest BCUT2D eigenvalue weighted by Gasteiger charge is -2.24. The molecule has 8 heteroatoms. The zero-order chi connectivity index (χ0) is 19.6. The fourth-order valence-electron chi connectivity index (χ4n) is 4.33. The van der Waals surface area contributed by atoms with Crippen LogP contribution in [0.4, 0.5) is 4.39 Å². The molecule has 0 radical (unpaired) electrons. The van der Waals surface area contributed by atoms with Gasteiger partial charge >= 0.3 is 0 Å². The molecule has 2 aliphatic rings. The van der Waals surface area contributed by atoms with Crippen LogP contribution in [0.25, 0.3) is 0 Å². The van der Waals surface area contributed by atoms with Gasteiger partial charge in [-0.3, -0.25) is 4.79 Å². The van der Waals surface area contributed by atoms with Crippen LogP contribution in [0.2, 0.25) is 0 Å². The summed E-state index contributed by atoms with van der Waals surface area (Å²) >= 11 is 0. The second-order valence-corrected chi connectivity index (χ2v) is 9.46. The molecule has 1 aliphatic carbocycles. The number of likely N-dealkylation sites (N-methyl/N-ethyl adjacent to an activating group) is 1. The van der Waals surface area contributed by atoms with Gasteiger partial charge in [0, 0.05) is 19.1 Å². The van der Waals surface area contributed by atoms with Gasteiger partial charge in [-0.25, -0.2) is 12.8 Å². The molecule has 150 valence electrons. The minimum atomic E-state index is -3.64. The van der Waals surface area contributed by atoms with Crippen LogP contribution in [-0.2, 0) is 14.8 Å². The summed E-state index contributed by atoms with van der Waals surface area (Å²) in [6.45, 7) is 2.90. The summed E-state index contributed by atoms with van der Waals surface area (Å²) in [4.78, 5) is 12.6. The maximum atomic E-state index is 13.1. The summed E-state index contributed by atoms with van der Waals surface area (Å²) in [6, 6.07) is 4.73. The van der Waals surface area contributed by atoms with E-state index in [-0.39, 0.29) is 34.7 Å². The van der Waals surface area contributed by atoms with E-state index in [4.69, 9.17) is 0 Å². The first-order valence-electron chi connectivity index (χ1n) is 9.60. The Kier molecular flexibility index (Phi) is 6.18. The van der Waals surface area contributed by atoms with E-state index >= 15 is 0 Å². The number of nitrogens with one attached hydrogen (secondary N) is 2. The van der Waals surface area contributed by atoms with Gasteiger partial charge in [-0.05, 0) is 62.4 Å². The van der Waals surface area contributed by atoms with E-state index in [9.17, 15) is 17.6 Å². The standard InChI is InChI=1S/C19H28FN3O3S/c1-3-4-18(21-2)19(24)22-17-10-5-13-11-23(12-16(13)17)27(25,26)15-8-6-14(20)7-9-15/h6-9,13,16-18,21H,3-5,10-12H2,1-2H3,(H,22,24)/t13-,16?,17?,18-/m0/s1. The highest BCUT2D eigenvalue weighted by Gasteiger charge is 2.46. The van der Waals surface area contributed by atoms with E-state index in [1.807, 2.05) is 6.92 Å². The predicted octanol–water partition coefficient (Wildman–Crippen LogP) is 1.73. The number of carbonyl (C=O) groups is 1. The Labute approximate surface area is 160 Å². The van der Waals surface area contributed by atoms with Crippen LogP contribution in [0.1, 0.15) is 32.6 Å². The zero-order valence-corrected chi connectivity index (χ0v) is 16.6. The van der Waals surface area contributed by atoms with Gasteiger partial charge in [0.1, 0.15) is 5.82 Å². The lowest BCUT2D eigenvalue weighted by atomic mass is 9.97. The van der Waals surface area contributed by atoms with Crippen molar-refractivity contribution in [2.75, 3.05) is 20.1 Å². The van der Waals surface area contributed by atoms with Gasteiger partial charge < -0.3 is 10.6 Å². The third kappa shape index (κ3) is 4.17. The number of rotatable bonds is 7. The van der Waals surface area contributed by atoms with E-state index < -0.39 is 15.8 Å². The molecule has 2 unspecified atom stereocenters. The molecule has 1 aromatic rings. The predicted molar refractivity (Wildman–Crippen MR) is 101 cm³/mol. The number of hydrogen-bond donors (Lipinski definition) is 2. The molecule has 0 bridgehead atoms. The molecular weight excluding hydrogens is 369 g/mol. The molecule has 1 aromatic carbocycles. The monoisotopic (exact) mass is 397 g/mol. The number of fused-ring (bicyclic) bond motifs is 1. The van der Waals surface area contributed by atoms with Crippen LogP contribution in [0, 0.1) is 17.7 Å². The lowest BCUT2D eigenvalue weighted by molar-refractivity contribution is -0.124. The van der Waals surface area contributed by atoms with Gasteiger partial charge in [-0.15, -0.1) is 0 Å².